The number of amides is 3. The number of rotatable bonds is 5. The van der Waals surface area contributed by atoms with Gasteiger partial charge in [-0.2, -0.15) is 0 Å². The number of methoxy groups -OCH3 is 1. The van der Waals surface area contributed by atoms with Crippen LogP contribution in [0.4, 0.5) is 15.8 Å². The first kappa shape index (κ1) is 19.3. The van der Waals surface area contributed by atoms with Gasteiger partial charge in [-0.3, -0.25) is 14.4 Å². The Kier molecular flexibility index (Phi) is 5.88. The number of hydrogen-bond acceptors (Lipinski definition) is 4. The fourth-order valence-electron chi connectivity index (χ4n) is 2.93. The van der Waals surface area contributed by atoms with E-state index in [1.54, 1.807) is 23.1 Å². The predicted molar refractivity (Wildman–Crippen MR) is 101 cm³/mol. The molecule has 0 radical (unpaired) electrons. The van der Waals surface area contributed by atoms with E-state index in [0.717, 1.165) is 6.42 Å². The summed E-state index contributed by atoms with van der Waals surface area (Å²) in [5.41, 5.74) is 1.59. The third-order valence-electron chi connectivity index (χ3n) is 4.37. The zero-order valence-corrected chi connectivity index (χ0v) is 15.3. The van der Waals surface area contributed by atoms with Gasteiger partial charge in [-0.25, -0.2) is 4.39 Å². The SMILES string of the molecule is COc1ccc(NC(=O)C(=O)NCc2ccc(F)cc2)cc1N1CCCC1=O. The van der Waals surface area contributed by atoms with Gasteiger partial charge in [-0.15, -0.1) is 0 Å². The minimum Gasteiger partial charge on any atom is -0.495 e. The highest BCUT2D eigenvalue weighted by atomic mass is 19.1. The first-order valence-electron chi connectivity index (χ1n) is 8.80. The summed E-state index contributed by atoms with van der Waals surface area (Å²) in [7, 11) is 1.50. The lowest BCUT2D eigenvalue weighted by Gasteiger charge is -2.20. The number of benzene rings is 2. The van der Waals surface area contributed by atoms with Gasteiger partial charge in [0.05, 0.1) is 12.8 Å². The van der Waals surface area contributed by atoms with Crippen LogP contribution in [0.2, 0.25) is 0 Å². The molecule has 7 nitrogen and oxygen atoms in total. The molecule has 0 spiro atoms. The van der Waals surface area contributed by atoms with Gasteiger partial charge in [0.15, 0.2) is 0 Å². The van der Waals surface area contributed by atoms with Crippen LogP contribution < -0.4 is 20.3 Å². The summed E-state index contributed by atoms with van der Waals surface area (Å²) < 4.78 is 18.2. The van der Waals surface area contributed by atoms with Gasteiger partial charge in [-0.1, -0.05) is 12.1 Å². The number of nitrogens with one attached hydrogen (secondary N) is 2. The van der Waals surface area contributed by atoms with Gasteiger partial charge < -0.3 is 20.3 Å². The van der Waals surface area contributed by atoms with Gasteiger partial charge in [0.1, 0.15) is 11.6 Å². The topological polar surface area (TPSA) is 87.7 Å². The van der Waals surface area contributed by atoms with Crippen LogP contribution in [0.5, 0.6) is 5.75 Å². The smallest absolute Gasteiger partial charge is 0.313 e. The van der Waals surface area contributed by atoms with E-state index in [1.807, 2.05) is 0 Å². The van der Waals surface area contributed by atoms with Crippen LogP contribution in [0.15, 0.2) is 42.5 Å². The highest BCUT2D eigenvalue weighted by Gasteiger charge is 2.25. The molecule has 1 aliphatic rings. The summed E-state index contributed by atoms with van der Waals surface area (Å²) in [4.78, 5) is 37.8. The Bertz CT molecular complexity index is 899. The Hall–Kier alpha value is -3.42. The van der Waals surface area contributed by atoms with Gasteiger partial charge in [0.2, 0.25) is 5.91 Å². The summed E-state index contributed by atoms with van der Waals surface area (Å²) >= 11 is 0. The van der Waals surface area contributed by atoms with Crippen LogP contribution in [0.1, 0.15) is 18.4 Å². The van der Waals surface area contributed by atoms with Crippen molar-refractivity contribution >= 4 is 29.1 Å². The molecule has 2 aromatic carbocycles. The van der Waals surface area contributed by atoms with Gasteiger partial charge in [-0.05, 0) is 42.3 Å². The summed E-state index contributed by atoms with van der Waals surface area (Å²) in [5.74, 6) is -1.54. The maximum atomic E-state index is 12.9. The highest BCUT2D eigenvalue weighted by Crippen LogP contribution is 2.33. The molecule has 3 amide bonds. The van der Waals surface area contributed by atoms with Crippen molar-refractivity contribution < 1.29 is 23.5 Å². The predicted octanol–water partition coefficient (Wildman–Crippen LogP) is 2.22. The molecule has 28 heavy (non-hydrogen) atoms. The average molecular weight is 385 g/mol. The van der Waals surface area contributed by atoms with E-state index in [2.05, 4.69) is 10.6 Å². The van der Waals surface area contributed by atoms with Crippen LogP contribution in [-0.2, 0) is 20.9 Å². The number of carbonyl (C=O) groups excluding carboxylic acids is 3. The molecule has 3 rings (SSSR count). The molecule has 8 heteroatoms. The fraction of sp³-hybridized carbons (Fsp3) is 0.250. The molecule has 0 bridgehead atoms. The minimum absolute atomic E-state index is 0.0150. The van der Waals surface area contributed by atoms with E-state index in [0.29, 0.717) is 35.7 Å². The normalized spacial score (nSPS) is 13.4. The standard InChI is InChI=1S/C20H20FN3O4/c1-28-17-9-8-15(11-16(17)24-10-2-3-18(24)25)23-20(27)19(26)22-12-13-4-6-14(21)7-5-13/h4-9,11H,2-3,10,12H2,1H3,(H,22,26)(H,23,27). The summed E-state index contributed by atoms with van der Waals surface area (Å²) in [5, 5.41) is 4.99. The van der Waals surface area contributed by atoms with Gasteiger partial charge in [0, 0.05) is 25.2 Å². The Morgan fingerprint density at radius 2 is 1.89 bits per heavy atom. The molecule has 0 aliphatic carbocycles. The Balaban J connectivity index is 1.65. The first-order valence-corrected chi connectivity index (χ1v) is 8.80. The molecule has 146 valence electrons. The van der Waals surface area contributed by atoms with Crippen molar-refractivity contribution in [1.29, 1.82) is 0 Å². The monoisotopic (exact) mass is 385 g/mol. The molecule has 1 heterocycles. The molecule has 2 aromatic rings. The van der Waals surface area contributed by atoms with E-state index in [-0.39, 0.29) is 18.3 Å². The third kappa shape index (κ3) is 4.46. The molecular weight excluding hydrogens is 365 g/mol. The lowest BCUT2D eigenvalue weighted by Crippen LogP contribution is -2.35. The Morgan fingerprint density at radius 3 is 2.54 bits per heavy atom. The minimum atomic E-state index is -0.842. The van der Waals surface area contributed by atoms with Gasteiger partial charge >= 0.3 is 11.8 Å². The zero-order chi connectivity index (χ0) is 20.1. The second-order valence-corrected chi connectivity index (χ2v) is 6.30. The Morgan fingerprint density at radius 1 is 1.14 bits per heavy atom. The fourth-order valence-corrected chi connectivity index (χ4v) is 2.93. The molecule has 0 saturated carbocycles. The maximum absolute atomic E-state index is 12.9. The number of nitrogens with zero attached hydrogens (tertiary/aromatic N) is 1. The van der Waals surface area contributed by atoms with Crippen molar-refractivity contribution in [1.82, 2.24) is 5.32 Å². The molecule has 1 aliphatic heterocycles. The van der Waals surface area contributed by atoms with E-state index < -0.39 is 11.8 Å². The molecule has 1 saturated heterocycles. The maximum Gasteiger partial charge on any atom is 0.313 e. The van der Waals surface area contributed by atoms with Crippen molar-refractivity contribution in [2.45, 2.75) is 19.4 Å². The van der Waals surface area contributed by atoms with E-state index in [9.17, 15) is 18.8 Å². The molecule has 0 aromatic heterocycles. The largest absolute Gasteiger partial charge is 0.495 e. The summed E-state index contributed by atoms with van der Waals surface area (Å²) in [6, 6.07) is 10.4. The molecule has 0 unspecified atom stereocenters. The van der Waals surface area contributed by atoms with Crippen molar-refractivity contribution in [2.24, 2.45) is 0 Å². The quantitative estimate of drug-likeness (QED) is 0.773. The summed E-state index contributed by atoms with van der Waals surface area (Å²) in [6.45, 7) is 0.674. The van der Waals surface area contributed by atoms with E-state index in [1.165, 1.54) is 31.4 Å². The molecule has 1 fully saturated rings. The lowest BCUT2D eigenvalue weighted by atomic mass is 10.2. The van der Waals surface area contributed by atoms with Crippen LogP contribution in [0.25, 0.3) is 0 Å². The number of anilines is 2. The van der Waals surface area contributed by atoms with Crippen molar-refractivity contribution in [2.75, 3.05) is 23.9 Å². The zero-order valence-electron chi connectivity index (χ0n) is 15.3. The van der Waals surface area contributed by atoms with Crippen LogP contribution in [0.3, 0.4) is 0 Å². The van der Waals surface area contributed by atoms with E-state index >= 15 is 0 Å². The first-order chi connectivity index (χ1) is 13.5. The third-order valence-corrected chi connectivity index (χ3v) is 4.37. The summed E-state index contributed by atoms with van der Waals surface area (Å²) in [6.07, 6.45) is 1.22. The van der Waals surface area contributed by atoms with Gasteiger partial charge in [0.25, 0.3) is 0 Å². The molecule has 2 N–H and O–H groups in total. The van der Waals surface area contributed by atoms with Crippen LogP contribution >= 0.6 is 0 Å². The lowest BCUT2D eigenvalue weighted by molar-refractivity contribution is -0.136. The van der Waals surface area contributed by atoms with Crippen molar-refractivity contribution in [3.05, 3.63) is 53.8 Å². The second-order valence-electron chi connectivity index (χ2n) is 6.30. The number of hydrogen-bond donors (Lipinski definition) is 2. The average Bonchev–Trinajstić information content (AvgIpc) is 3.13. The van der Waals surface area contributed by atoms with E-state index in [4.69, 9.17) is 4.74 Å². The van der Waals surface area contributed by atoms with Crippen LogP contribution in [0, 0.1) is 5.82 Å². The second kappa shape index (κ2) is 8.51. The number of ether oxygens (including phenoxy) is 1. The highest BCUT2D eigenvalue weighted by molar-refractivity contribution is 6.39. The number of halogens is 1. The number of carbonyl (C=O) groups is 3. The van der Waals surface area contributed by atoms with Crippen LogP contribution in [-0.4, -0.2) is 31.4 Å². The molecule has 0 atom stereocenters. The molecular formula is C20H20FN3O4. The Labute approximate surface area is 161 Å². The van der Waals surface area contributed by atoms with Crippen molar-refractivity contribution in [3.8, 4) is 5.75 Å². The van der Waals surface area contributed by atoms with Crippen molar-refractivity contribution in [3.63, 3.8) is 0 Å².